The minimum absolute atomic E-state index is 0. The molecule has 4 nitrogen and oxygen atoms in total. The first-order chi connectivity index (χ1) is 12.5. The van der Waals surface area contributed by atoms with Crippen LogP contribution in [0.2, 0.25) is 0 Å². The summed E-state index contributed by atoms with van der Waals surface area (Å²) in [6, 6.07) is 9.45. The van der Waals surface area contributed by atoms with Gasteiger partial charge in [0.15, 0.2) is 0 Å². The molecule has 2 aliphatic rings. The van der Waals surface area contributed by atoms with Crippen LogP contribution in [0.5, 0.6) is 0 Å². The maximum Gasteiger partial charge on any atom is 0.223 e. The van der Waals surface area contributed by atoms with Crippen molar-refractivity contribution in [2.24, 2.45) is 11.8 Å². The summed E-state index contributed by atoms with van der Waals surface area (Å²) >= 11 is 0. The van der Waals surface area contributed by atoms with Crippen LogP contribution in [0.4, 0.5) is 5.69 Å². The Morgan fingerprint density at radius 2 is 2.07 bits per heavy atom. The van der Waals surface area contributed by atoms with Gasteiger partial charge in [-0.05, 0) is 63.1 Å². The molecule has 3 rings (SSSR count). The third kappa shape index (κ3) is 5.17. The van der Waals surface area contributed by atoms with E-state index < -0.39 is 0 Å². The van der Waals surface area contributed by atoms with Crippen molar-refractivity contribution < 1.29 is 4.79 Å². The van der Waals surface area contributed by atoms with Gasteiger partial charge in [-0.2, -0.15) is 0 Å². The molecular formula is C22H36ClN3O. The zero-order valence-electron chi connectivity index (χ0n) is 17.0. The lowest BCUT2D eigenvalue weighted by Crippen LogP contribution is -2.57. The average molecular weight is 394 g/mol. The number of rotatable bonds is 5. The van der Waals surface area contributed by atoms with Crippen molar-refractivity contribution in [2.75, 3.05) is 5.73 Å². The topological polar surface area (TPSA) is 58.4 Å². The van der Waals surface area contributed by atoms with Crippen molar-refractivity contribution in [1.82, 2.24) is 10.2 Å². The van der Waals surface area contributed by atoms with E-state index >= 15 is 0 Å². The van der Waals surface area contributed by atoms with Crippen LogP contribution in [-0.2, 0) is 11.3 Å². The number of halogens is 1. The highest BCUT2D eigenvalue weighted by atomic mass is 35.5. The number of nitrogens with one attached hydrogen (secondary N) is 1. The van der Waals surface area contributed by atoms with E-state index in [1.54, 1.807) is 0 Å². The number of fused-ring (bicyclic) bond motifs is 1. The molecule has 5 atom stereocenters. The van der Waals surface area contributed by atoms with Gasteiger partial charge < -0.3 is 11.1 Å². The van der Waals surface area contributed by atoms with E-state index in [1.165, 1.54) is 31.2 Å². The van der Waals surface area contributed by atoms with Crippen molar-refractivity contribution in [1.29, 1.82) is 0 Å². The number of nitrogens with zero attached hydrogens (tertiary/aromatic N) is 1. The molecule has 0 bridgehead atoms. The molecule has 1 saturated heterocycles. The van der Waals surface area contributed by atoms with Gasteiger partial charge in [-0.25, -0.2) is 0 Å². The van der Waals surface area contributed by atoms with Crippen LogP contribution in [0.25, 0.3) is 0 Å². The van der Waals surface area contributed by atoms with E-state index in [0.717, 1.165) is 25.1 Å². The SMILES string of the molecule is CCC(C)NC(=O)C1CC(C)N(Cc2cccc(N)c2)C2CCCCC12.Cl. The van der Waals surface area contributed by atoms with Crippen molar-refractivity contribution in [2.45, 2.75) is 84.0 Å². The highest BCUT2D eigenvalue weighted by Crippen LogP contribution is 2.42. The Labute approximate surface area is 170 Å². The van der Waals surface area contributed by atoms with Gasteiger partial charge in [0.1, 0.15) is 0 Å². The summed E-state index contributed by atoms with van der Waals surface area (Å²) < 4.78 is 0. The Bertz CT molecular complexity index is 623. The molecule has 1 aliphatic carbocycles. The number of piperidine rings is 1. The van der Waals surface area contributed by atoms with E-state index in [2.05, 4.69) is 43.1 Å². The first kappa shape index (κ1) is 22.0. The highest BCUT2D eigenvalue weighted by Gasteiger charge is 2.45. The zero-order chi connectivity index (χ0) is 18.7. The predicted octanol–water partition coefficient (Wildman–Crippen LogP) is 4.37. The molecule has 1 saturated carbocycles. The van der Waals surface area contributed by atoms with Gasteiger partial charge in [-0.1, -0.05) is 31.9 Å². The van der Waals surface area contributed by atoms with Gasteiger partial charge in [0.2, 0.25) is 5.91 Å². The van der Waals surface area contributed by atoms with Crippen LogP contribution in [0.3, 0.4) is 0 Å². The molecule has 1 aromatic rings. The molecular weight excluding hydrogens is 358 g/mol. The molecule has 0 radical (unpaired) electrons. The number of hydrogen-bond donors (Lipinski definition) is 2. The third-order valence-corrected chi connectivity index (χ3v) is 6.54. The van der Waals surface area contributed by atoms with E-state index in [0.29, 0.717) is 18.0 Å². The minimum atomic E-state index is 0. The monoisotopic (exact) mass is 393 g/mol. The lowest BCUT2D eigenvalue weighted by molar-refractivity contribution is -0.134. The van der Waals surface area contributed by atoms with E-state index in [1.807, 2.05) is 12.1 Å². The van der Waals surface area contributed by atoms with Gasteiger partial charge in [0.05, 0.1) is 0 Å². The molecule has 1 amide bonds. The fraction of sp³-hybridized carbons (Fsp3) is 0.682. The second-order valence-corrected chi connectivity index (χ2v) is 8.44. The molecule has 1 aliphatic heterocycles. The largest absolute Gasteiger partial charge is 0.399 e. The summed E-state index contributed by atoms with van der Waals surface area (Å²) in [5.74, 6) is 0.943. The molecule has 5 heteroatoms. The normalized spacial score (nSPS) is 29.3. The number of amides is 1. The van der Waals surface area contributed by atoms with Crippen LogP contribution in [-0.4, -0.2) is 28.9 Å². The average Bonchev–Trinajstić information content (AvgIpc) is 2.63. The molecule has 1 heterocycles. The number of anilines is 1. The lowest BCUT2D eigenvalue weighted by Gasteiger charge is -2.51. The lowest BCUT2D eigenvalue weighted by atomic mass is 9.69. The van der Waals surface area contributed by atoms with E-state index in [-0.39, 0.29) is 30.3 Å². The summed E-state index contributed by atoms with van der Waals surface area (Å²) in [5, 5.41) is 3.25. The van der Waals surface area contributed by atoms with Crippen LogP contribution in [0.1, 0.15) is 64.9 Å². The van der Waals surface area contributed by atoms with Crippen LogP contribution in [0, 0.1) is 11.8 Å². The standard InChI is InChI=1S/C22H35N3O.ClH/c1-4-15(2)24-22(26)20-12-16(3)25(21-11-6-5-10-19(20)21)14-17-8-7-9-18(23)13-17;/h7-9,13,15-16,19-21H,4-6,10-12,14,23H2,1-3H3,(H,24,26);1H. The molecule has 0 aromatic heterocycles. The number of nitrogen functional groups attached to an aromatic ring is 1. The number of carbonyl (C=O) groups excluding carboxylic acids is 1. The van der Waals surface area contributed by atoms with Crippen LogP contribution in [0.15, 0.2) is 24.3 Å². The maximum atomic E-state index is 12.9. The van der Waals surface area contributed by atoms with Crippen LogP contribution < -0.4 is 11.1 Å². The summed E-state index contributed by atoms with van der Waals surface area (Å²) in [6.07, 6.45) is 6.89. The second-order valence-electron chi connectivity index (χ2n) is 8.44. The maximum absolute atomic E-state index is 12.9. The molecule has 152 valence electrons. The van der Waals surface area contributed by atoms with Crippen molar-refractivity contribution >= 4 is 24.0 Å². The van der Waals surface area contributed by atoms with Gasteiger partial charge in [-0.3, -0.25) is 9.69 Å². The van der Waals surface area contributed by atoms with Crippen molar-refractivity contribution in [3.05, 3.63) is 29.8 Å². The Morgan fingerprint density at radius 3 is 2.78 bits per heavy atom. The zero-order valence-corrected chi connectivity index (χ0v) is 17.8. The van der Waals surface area contributed by atoms with Crippen molar-refractivity contribution in [3.8, 4) is 0 Å². The number of hydrogen-bond acceptors (Lipinski definition) is 3. The summed E-state index contributed by atoms with van der Waals surface area (Å²) in [5.41, 5.74) is 8.09. The quantitative estimate of drug-likeness (QED) is 0.730. The Kier molecular flexibility index (Phi) is 7.99. The number of likely N-dealkylation sites (tertiary alicyclic amines) is 1. The van der Waals surface area contributed by atoms with Gasteiger partial charge in [0.25, 0.3) is 0 Å². The number of benzene rings is 1. The predicted molar refractivity (Wildman–Crippen MR) is 115 cm³/mol. The first-order valence-corrected chi connectivity index (χ1v) is 10.4. The Balaban J connectivity index is 0.00000261. The second kappa shape index (κ2) is 9.79. The smallest absolute Gasteiger partial charge is 0.223 e. The minimum Gasteiger partial charge on any atom is -0.399 e. The summed E-state index contributed by atoms with van der Waals surface area (Å²) in [4.78, 5) is 15.6. The van der Waals surface area contributed by atoms with Crippen LogP contribution >= 0.6 is 12.4 Å². The Hall–Kier alpha value is -1.26. The molecule has 3 N–H and O–H groups in total. The molecule has 2 fully saturated rings. The third-order valence-electron chi connectivity index (χ3n) is 6.54. The van der Waals surface area contributed by atoms with E-state index in [4.69, 9.17) is 5.73 Å². The molecule has 27 heavy (non-hydrogen) atoms. The molecule has 1 aromatic carbocycles. The first-order valence-electron chi connectivity index (χ1n) is 10.4. The van der Waals surface area contributed by atoms with Gasteiger partial charge >= 0.3 is 0 Å². The fourth-order valence-electron chi connectivity index (χ4n) is 4.95. The number of nitrogens with two attached hydrogens (primary N) is 1. The number of carbonyl (C=O) groups is 1. The highest BCUT2D eigenvalue weighted by molar-refractivity contribution is 5.85. The summed E-state index contributed by atoms with van der Waals surface area (Å²) in [6.45, 7) is 7.47. The van der Waals surface area contributed by atoms with Crippen molar-refractivity contribution in [3.63, 3.8) is 0 Å². The molecule has 5 unspecified atom stereocenters. The summed E-state index contributed by atoms with van der Waals surface area (Å²) in [7, 11) is 0. The van der Waals surface area contributed by atoms with E-state index in [9.17, 15) is 4.79 Å². The Morgan fingerprint density at radius 1 is 1.33 bits per heavy atom. The van der Waals surface area contributed by atoms with Gasteiger partial charge in [-0.15, -0.1) is 12.4 Å². The van der Waals surface area contributed by atoms with Gasteiger partial charge in [0, 0.05) is 36.3 Å². The fourth-order valence-corrected chi connectivity index (χ4v) is 4.95. The molecule has 0 spiro atoms.